The van der Waals surface area contributed by atoms with Gasteiger partial charge in [-0.3, -0.25) is 14.6 Å². The van der Waals surface area contributed by atoms with Crippen molar-refractivity contribution >= 4 is 11.8 Å². The zero-order valence-electron chi connectivity index (χ0n) is 18.1. The predicted molar refractivity (Wildman–Crippen MR) is 122 cm³/mol. The van der Waals surface area contributed by atoms with E-state index in [0.29, 0.717) is 31.6 Å². The highest BCUT2D eigenvalue weighted by atomic mass is 16.2. The molecule has 6 nitrogen and oxygen atoms in total. The maximum absolute atomic E-state index is 13.2. The van der Waals surface area contributed by atoms with Crippen LogP contribution in [0, 0.1) is 5.92 Å². The van der Waals surface area contributed by atoms with Crippen LogP contribution in [0.25, 0.3) is 5.69 Å². The van der Waals surface area contributed by atoms with Gasteiger partial charge in [0.15, 0.2) is 0 Å². The van der Waals surface area contributed by atoms with Gasteiger partial charge in [-0.05, 0) is 67.5 Å². The maximum atomic E-state index is 13.2. The molecule has 1 N–H and O–H groups in total. The zero-order valence-corrected chi connectivity index (χ0v) is 18.1. The molecular weight excluding hydrogens is 400 g/mol. The summed E-state index contributed by atoms with van der Waals surface area (Å²) < 4.78 is 1.87. The van der Waals surface area contributed by atoms with E-state index in [1.165, 1.54) is 11.1 Å². The van der Waals surface area contributed by atoms with Crippen LogP contribution in [0.5, 0.6) is 0 Å². The first kappa shape index (κ1) is 20.5. The summed E-state index contributed by atoms with van der Waals surface area (Å²) in [7, 11) is 0. The standard InChI is InChI=1S/C26H28N4O2/c31-25(28-23-10-3-7-19-6-1-2-9-22(19)23)20-12-16-29(17-13-20)26(32)24-11-5-15-30(24)21-8-4-14-27-18-21/h1-2,4-6,8-9,11,14-15,18,20,23H,3,7,10,12-13,16-17H2,(H,28,31)/t23-/m1/s1. The summed E-state index contributed by atoms with van der Waals surface area (Å²) in [4.78, 5) is 32.2. The quantitative estimate of drug-likeness (QED) is 0.685. The topological polar surface area (TPSA) is 67.2 Å². The third kappa shape index (κ3) is 4.05. The van der Waals surface area contributed by atoms with Crippen molar-refractivity contribution in [2.75, 3.05) is 13.1 Å². The number of aryl methyl sites for hydroxylation is 1. The molecule has 1 saturated heterocycles. The number of rotatable bonds is 4. The van der Waals surface area contributed by atoms with Gasteiger partial charge in [0.1, 0.15) is 5.69 Å². The molecule has 1 aliphatic carbocycles. The number of likely N-dealkylation sites (tertiary alicyclic amines) is 1. The lowest BCUT2D eigenvalue weighted by Crippen LogP contribution is -2.44. The average molecular weight is 429 g/mol. The molecule has 2 amide bonds. The Morgan fingerprint density at radius 1 is 0.969 bits per heavy atom. The lowest BCUT2D eigenvalue weighted by Gasteiger charge is -2.33. The molecule has 32 heavy (non-hydrogen) atoms. The molecule has 3 heterocycles. The highest BCUT2D eigenvalue weighted by molar-refractivity contribution is 5.93. The van der Waals surface area contributed by atoms with Gasteiger partial charge in [-0.25, -0.2) is 0 Å². The van der Waals surface area contributed by atoms with E-state index in [2.05, 4.69) is 34.6 Å². The predicted octanol–water partition coefficient (Wildman–Crippen LogP) is 3.92. The van der Waals surface area contributed by atoms with Crippen molar-refractivity contribution in [1.29, 1.82) is 0 Å². The number of fused-ring (bicyclic) bond motifs is 1. The van der Waals surface area contributed by atoms with Crippen molar-refractivity contribution in [2.24, 2.45) is 5.92 Å². The van der Waals surface area contributed by atoms with Crippen LogP contribution in [0.2, 0.25) is 0 Å². The molecule has 164 valence electrons. The minimum atomic E-state index is -0.0433. The van der Waals surface area contributed by atoms with Crippen molar-refractivity contribution in [1.82, 2.24) is 19.8 Å². The van der Waals surface area contributed by atoms with Crippen LogP contribution in [0.15, 0.2) is 67.1 Å². The number of carbonyl (C=O) groups is 2. The van der Waals surface area contributed by atoms with Crippen LogP contribution in [0.1, 0.15) is 53.3 Å². The van der Waals surface area contributed by atoms with Crippen LogP contribution in [-0.2, 0) is 11.2 Å². The number of pyridine rings is 1. The van der Waals surface area contributed by atoms with Gasteiger partial charge >= 0.3 is 0 Å². The van der Waals surface area contributed by atoms with E-state index in [9.17, 15) is 9.59 Å². The van der Waals surface area contributed by atoms with E-state index in [1.807, 2.05) is 39.9 Å². The van der Waals surface area contributed by atoms with Gasteiger partial charge in [0, 0.05) is 31.4 Å². The Balaban J connectivity index is 1.20. The lowest BCUT2D eigenvalue weighted by atomic mass is 9.87. The average Bonchev–Trinajstić information content (AvgIpc) is 3.34. The normalized spacial score (nSPS) is 18.8. The second kappa shape index (κ2) is 8.99. The monoisotopic (exact) mass is 428 g/mol. The lowest BCUT2D eigenvalue weighted by molar-refractivity contribution is -0.127. The summed E-state index contributed by atoms with van der Waals surface area (Å²) in [6.45, 7) is 1.19. The Kier molecular flexibility index (Phi) is 5.75. The van der Waals surface area contributed by atoms with E-state index in [0.717, 1.165) is 24.9 Å². The zero-order chi connectivity index (χ0) is 21.9. The smallest absolute Gasteiger partial charge is 0.270 e. The van der Waals surface area contributed by atoms with Crippen molar-refractivity contribution in [3.05, 3.63) is 83.9 Å². The number of nitrogens with one attached hydrogen (secondary N) is 1. The Labute approximate surface area is 188 Å². The molecule has 5 rings (SSSR count). The van der Waals surface area contributed by atoms with Crippen LogP contribution < -0.4 is 5.32 Å². The fourth-order valence-corrected chi connectivity index (χ4v) is 4.98. The van der Waals surface area contributed by atoms with E-state index < -0.39 is 0 Å². The Morgan fingerprint density at radius 3 is 2.62 bits per heavy atom. The summed E-state index contributed by atoms with van der Waals surface area (Å²) in [5.74, 6) is 0.0784. The minimum Gasteiger partial charge on any atom is -0.349 e. The summed E-state index contributed by atoms with van der Waals surface area (Å²) in [6, 6.07) is 16.0. The molecule has 2 aromatic heterocycles. The number of carbonyl (C=O) groups excluding carboxylic acids is 2. The van der Waals surface area contributed by atoms with Gasteiger partial charge in [-0.1, -0.05) is 24.3 Å². The van der Waals surface area contributed by atoms with Gasteiger partial charge in [-0.2, -0.15) is 0 Å². The largest absolute Gasteiger partial charge is 0.349 e. The molecule has 0 radical (unpaired) electrons. The SMILES string of the molecule is O=C(N[C@@H]1CCCc2ccccc21)C1CCN(C(=O)c2cccn2-c2cccnc2)CC1. The second-order valence-corrected chi connectivity index (χ2v) is 8.69. The molecule has 0 bridgehead atoms. The number of piperidine rings is 1. The third-order valence-electron chi connectivity index (χ3n) is 6.73. The molecule has 6 heteroatoms. The Morgan fingerprint density at radius 2 is 1.81 bits per heavy atom. The number of nitrogens with zero attached hydrogens (tertiary/aromatic N) is 3. The van der Waals surface area contributed by atoms with Crippen LogP contribution in [0.4, 0.5) is 0 Å². The van der Waals surface area contributed by atoms with Crippen LogP contribution >= 0.6 is 0 Å². The summed E-state index contributed by atoms with van der Waals surface area (Å²) >= 11 is 0. The van der Waals surface area contributed by atoms with E-state index in [1.54, 1.807) is 12.4 Å². The second-order valence-electron chi connectivity index (χ2n) is 8.69. The summed E-state index contributed by atoms with van der Waals surface area (Å²) in [6.07, 6.45) is 9.92. The first-order valence-electron chi connectivity index (χ1n) is 11.5. The van der Waals surface area contributed by atoms with Crippen molar-refractivity contribution in [3.8, 4) is 5.69 Å². The van der Waals surface area contributed by atoms with E-state index >= 15 is 0 Å². The first-order chi connectivity index (χ1) is 15.7. The van der Waals surface area contributed by atoms with Gasteiger partial charge in [0.05, 0.1) is 17.9 Å². The van der Waals surface area contributed by atoms with Crippen LogP contribution in [-0.4, -0.2) is 39.4 Å². The molecule has 1 aliphatic heterocycles. The van der Waals surface area contributed by atoms with E-state index in [-0.39, 0.29) is 23.8 Å². The number of benzene rings is 1. The molecule has 1 atom stereocenters. The molecular formula is C26H28N4O2. The number of aromatic nitrogens is 2. The van der Waals surface area contributed by atoms with Crippen molar-refractivity contribution < 1.29 is 9.59 Å². The number of hydrogen-bond acceptors (Lipinski definition) is 3. The van der Waals surface area contributed by atoms with Crippen molar-refractivity contribution in [2.45, 2.75) is 38.1 Å². The highest BCUT2D eigenvalue weighted by Gasteiger charge is 2.31. The number of hydrogen-bond donors (Lipinski definition) is 1. The van der Waals surface area contributed by atoms with Gasteiger partial charge in [0.25, 0.3) is 5.91 Å². The Bertz CT molecular complexity index is 1100. The summed E-state index contributed by atoms with van der Waals surface area (Å²) in [5, 5.41) is 3.29. The highest BCUT2D eigenvalue weighted by Crippen LogP contribution is 2.30. The van der Waals surface area contributed by atoms with Gasteiger partial charge < -0.3 is 14.8 Å². The molecule has 1 aromatic carbocycles. The molecule has 2 aliphatic rings. The van der Waals surface area contributed by atoms with Crippen LogP contribution in [0.3, 0.4) is 0 Å². The summed E-state index contributed by atoms with van der Waals surface area (Å²) in [5.41, 5.74) is 4.10. The molecule has 3 aromatic rings. The minimum absolute atomic E-state index is 0.00100. The molecule has 0 spiro atoms. The van der Waals surface area contributed by atoms with Gasteiger partial charge in [-0.15, -0.1) is 0 Å². The third-order valence-corrected chi connectivity index (χ3v) is 6.73. The molecule has 1 fully saturated rings. The fraction of sp³-hybridized carbons (Fsp3) is 0.346. The van der Waals surface area contributed by atoms with E-state index in [4.69, 9.17) is 0 Å². The molecule has 0 unspecified atom stereocenters. The first-order valence-corrected chi connectivity index (χ1v) is 11.5. The fourth-order valence-electron chi connectivity index (χ4n) is 4.98. The maximum Gasteiger partial charge on any atom is 0.270 e. The molecule has 0 saturated carbocycles. The van der Waals surface area contributed by atoms with Crippen molar-refractivity contribution in [3.63, 3.8) is 0 Å². The van der Waals surface area contributed by atoms with Gasteiger partial charge in [0.2, 0.25) is 5.91 Å². The number of amides is 2. The Hall–Kier alpha value is -3.41.